The average Bonchev–Trinajstić information content (AvgIpc) is 1.98. The lowest BCUT2D eigenvalue weighted by atomic mass is 10.0. The van der Waals surface area contributed by atoms with E-state index in [1.165, 1.54) is 0 Å². The molecule has 1 atom stereocenters. The summed E-state index contributed by atoms with van der Waals surface area (Å²) in [5, 5.41) is 12.5. The molecule has 0 aliphatic heterocycles. The quantitative estimate of drug-likeness (QED) is 0.740. The average molecular weight is 233 g/mol. The van der Waals surface area contributed by atoms with Gasteiger partial charge in [0.2, 0.25) is 0 Å². The Balaban J connectivity index is 3.87. The van der Waals surface area contributed by atoms with Gasteiger partial charge in [0, 0.05) is 28.7 Å². The summed E-state index contributed by atoms with van der Waals surface area (Å²) in [6, 6.07) is 0.482. The molecule has 0 aliphatic carbocycles. The molecule has 0 rings (SSSR count). The number of aliphatic hydroxyl groups excluding tert-OH is 1. The van der Waals surface area contributed by atoms with Crippen LogP contribution in [0.2, 0.25) is 0 Å². The summed E-state index contributed by atoms with van der Waals surface area (Å²) < 4.78 is 0.330. The SMILES string of the molecule is CC(CSC(C)(C)C)NC(C)(C)CCO. The van der Waals surface area contributed by atoms with Crippen molar-refractivity contribution in [3.05, 3.63) is 0 Å². The molecule has 0 aromatic rings. The summed E-state index contributed by atoms with van der Waals surface area (Å²) in [7, 11) is 0. The normalized spacial score (nSPS) is 15.4. The maximum Gasteiger partial charge on any atom is 0.0448 e. The van der Waals surface area contributed by atoms with Gasteiger partial charge in [-0.3, -0.25) is 0 Å². The Labute approximate surface area is 99.2 Å². The molecule has 92 valence electrons. The van der Waals surface area contributed by atoms with Crippen molar-refractivity contribution in [3.63, 3.8) is 0 Å². The summed E-state index contributed by atoms with van der Waals surface area (Å²) in [4.78, 5) is 0. The molecule has 2 nitrogen and oxygen atoms in total. The van der Waals surface area contributed by atoms with Gasteiger partial charge in [-0.15, -0.1) is 0 Å². The molecule has 0 saturated heterocycles. The van der Waals surface area contributed by atoms with Crippen LogP contribution in [0.3, 0.4) is 0 Å². The number of nitrogens with one attached hydrogen (secondary N) is 1. The number of thioether (sulfide) groups is 1. The van der Waals surface area contributed by atoms with Crippen LogP contribution in [-0.4, -0.2) is 33.8 Å². The molecule has 0 aliphatic rings. The van der Waals surface area contributed by atoms with Gasteiger partial charge < -0.3 is 10.4 Å². The van der Waals surface area contributed by atoms with E-state index in [1.807, 2.05) is 11.8 Å². The molecule has 0 radical (unpaired) electrons. The van der Waals surface area contributed by atoms with Gasteiger partial charge >= 0.3 is 0 Å². The van der Waals surface area contributed by atoms with E-state index in [0.717, 1.165) is 12.2 Å². The highest BCUT2D eigenvalue weighted by Gasteiger charge is 2.20. The second-order valence-corrected chi connectivity index (χ2v) is 7.67. The third kappa shape index (κ3) is 9.21. The van der Waals surface area contributed by atoms with E-state index in [1.54, 1.807) is 0 Å². The standard InChI is InChI=1S/C12H27NOS/c1-10(9-15-11(2,3)4)13-12(5,6)7-8-14/h10,13-14H,7-9H2,1-6H3. The molecule has 0 amide bonds. The van der Waals surface area contributed by atoms with Crippen LogP contribution in [-0.2, 0) is 0 Å². The Morgan fingerprint density at radius 2 is 1.73 bits per heavy atom. The summed E-state index contributed by atoms with van der Waals surface area (Å²) in [5.41, 5.74) is 0.0343. The smallest absolute Gasteiger partial charge is 0.0448 e. The Morgan fingerprint density at radius 3 is 2.13 bits per heavy atom. The van der Waals surface area contributed by atoms with Crippen LogP contribution in [0.5, 0.6) is 0 Å². The Morgan fingerprint density at radius 1 is 1.20 bits per heavy atom. The molecule has 0 heterocycles. The fourth-order valence-electron chi connectivity index (χ4n) is 1.44. The molecule has 0 bridgehead atoms. The van der Waals surface area contributed by atoms with Crippen molar-refractivity contribution >= 4 is 11.8 Å². The fraction of sp³-hybridized carbons (Fsp3) is 1.00. The van der Waals surface area contributed by atoms with Gasteiger partial charge in [-0.1, -0.05) is 20.8 Å². The van der Waals surface area contributed by atoms with Gasteiger partial charge in [0.15, 0.2) is 0 Å². The molecule has 0 fully saturated rings. The van der Waals surface area contributed by atoms with Crippen LogP contribution in [0.15, 0.2) is 0 Å². The second kappa shape index (κ2) is 6.12. The lowest BCUT2D eigenvalue weighted by Crippen LogP contribution is -2.46. The van der Waals surface area contributed by atoms with E-state index in [0.29, 0.717) is 10.8 Å². The van der Waals surface area contributed by atoms with Crippen molar-refractivity contribution < 1.29 is 5.11 Å². The number of rotatable bonds is 6. The third-order valence-corrected chi connectivity index (χ3v) is 3.67. The van der Waals surface area contributed by atoms with Crippen molar-refractivity contribution in [1.82, 2.24) is 5.32 Å². The van der Waals surface area contributed by atoms with Crippen LogP contribution >= 0.6 is 11.8 Å². The third-order valence-electron chi connectivity index (χ3n) is 2.14. The van der Waals surface area contributed by atoms with Crippen molar-refractivity contribution in [2.24, 2.45) is 0 Å². The first kappa shape index (κ1) is 15.3. The summed E-state index contributed by atoms with van der Waals surface area (Å²) in [6.45, 7) is 13.5. The Kier molecular flexibility index (Phi) is 6.23. The second-order valence-electron chi connectivity index (χ2n) is 5.83. The van der Waals surface area contributed by atoms with Gasteiger partial charge in [-0.05, 0) is 27.2 Å². The van der Waals surface area contributed by atoms with Crippen molar-refractivity contribution in [2.75, 3.05) is 12.4 Å². The highest BCUT2D eigenvalue weighted by molar-refractivity contribution is 8.00. The van der Waals surface area contributed by atoms with Crippen molar-refractivity contribution in [2.45, 2.75) is 64.3 Å². The van der Waals surface area contributed by atoms with E-state index in [2.05, 4.69) is 46.9 Å². The lowest BCUT2D eigenvalue weighted by molar-refractivity contribution is 0.224. The molecule has 0 spiro atoms. The van der Waals surface area contributed by atoms with Crippen LogP contribution in [0.4, 0.5) is 0 Å². The Bertz CT molecular complexity index is 175. The molecule has 1 unspecified atom stereocenters. The van der Waals surface area contributed by atoms with Crippen LogP contribution in [0, 0.1) is 0 Å². The lowest BCUT2D eigenvalue weighted by Gasteiger charge is -2.31. The zero-order valence-electron chi connectivity index (χ0n) is 11.1. The minimum Gasteiger partial charge on any atom is -0.396 e. The molecule has 2 N–H and O–H groups in total. The van der Waals surface area contributed by atoms with E-state index >= 15 is 0 Å². The monoisotopic (exact) mass is 233 g/mol. The van der Waals surface area contributed by atoms with E-state index in [4.69, 9.17) is 5.11 Å². The van der Waals surface area contributed by atoms with Gasteiger partial charge in [-0.2, -0.15) is 11.8 Å². The van der Waals surface area contributed by atoms with Gasteiger partial charge in [0.1, 0.15) is 0 Å². The van der Waals surface area contributed by atoms with Gasteiger partial charge in [-0.25, -0.2) is 0 Å². The molecule has 15 heavy (non-hydrogen) atoms. The van der Waals surface area contributed by atoms with Crippen LogP contribution in [0.1, 0.15) is 48.0 Å². The maximum absolute atomic E-state index is 8.93. The first-order valence-electron chi connectivity index (χ1n) is 5.69. The van der Waals surface area contributed by atoms with E-state index < -0.39 is 0 Å². The van der Waals surface area contributed by atoms with Gasteiger partial charge in [0.05, 0.1) is 0 Å². The van der Waals surface area contributed by atoms with E-state index in [-0.39, 0.29) is 12.1 Å². The molecular formula is C12H27NOS. The summed E-state index contributed by atoms with van der Waals surface area (Å²) in [5.74, 6) is 1.11. The maximum atomic E-state index is 8.93. The number of hydrogen-bond acceptors (Lipinski definition) is 3. The molecule has 0 saturated carbocycles. The predicted molar refractivity (Wildman–Crippen MR) is 70.6 cm³/mol. The molecule has 0 aromatic carbocycles. The predicted octanol–water partition coefficient (Wildman–Crippen LogP) is 2.66. The van der Waals surface area contributed by atoms with Crippen molar-refractivity contribution in [1.29, 1.82) is 0 Å². The van der Waals surface area contributed by atoms with E-state index in [9.17, 15) is 0 Å². The number of hydrogen-bond donors (Lipinski definition) is 2. The molecular weight excluding hydrogens is 206 g/mol. The zero-order chi connectivity index (χ0) is 12.1. The first-order valence-corrected chi connectivity index (χ1v) is 6.67. The van der Waals surface area contributed by atoms with Crippen molar-refractivity contribution in [3.8, 4) is 0 Å². The fourth-order valence-corrected chi connectivity index (χ4v) is 2.27. The minimum absolute atomic E-state index is 0.0343. The summed E-state index contributed by atoms with van der Waals surface area (Å²) in [6.07, 6.45) is 0.803. The largest absolute Gasteiger partial charge is 0.396 e. The Hall–Kier alpha value is 0.270. The highest BCUT2D eigenvalue weighted by Crippen LogP contribution is 2.24. The zero-order valence-corrected chi connectivity index (χ0v) is 11.9. The van der Waals surface area contributed by atoms with Crippen LogP contribution in [0.25, 0.3) is 0 Å². The van der Waals surface area contributed by atoms with Gasteiger partial charge in [0.25, 0.3) is 0 Å². The molecule has 0 aromatic heterocycles. The first-order chi connectivity index (χ1) is 6.66. The topological polar surface area (TPSA) is 32.3 Å². The minimum atomic E-state index is 0.0343. The number of aliphatic hydroxyl groups is 1. The highest BCUT2D eigenvalue weighted by atomic mass is 32.2. The molecule has 3 heteroatoms. The van der Waals surface area contributed by atoms with Crippen LogP contribution < -0.4 is 5.32 Å². The summed E-state index contributed by atoms with van der Waals surface area (Å²) >= 11 is 1.98.